The minimum absolute atomic E-state index is 0.181. The number of esters is 2. The van der Waals surface area contributed by atoms with Gasteiger partial charge < -0.3 is 20.1 Å². The Hall–Kier alpha value is -3.16. The summed E-state index contributed by atoms with van der Waals surface area (Å²) >= 11 is 0. The van der Waals surface area contributed by atoms with Crippen molar-refractivity contribution in [1.29, 1.82) is 0 Å². The molecule has 2 N–H and O–H groups in total. The fourth-order valence-electron chi connectivity index (χ4n) is 2.51. The molecule has 0 unspecified atom stereocenters. The maximum Gasteiger partial charge on any atom is 0.338 e. The van der Waals surface area contributed by atoms with Crippen LogP contribution in [0.2, 0.25) is 0 Å². The molecule has 0 saturated heterocycles. The van der Waals surface area contributed by atoms with Gasteiger partial charge in [-0.25, -0.2) is 18.8 Å². The van der Waals surface area contributed by atoms with Crippen LogP contribution < -0.4 is 10.6 Å². The molecule has 0 bridgehead atoms. The van der Waals surface area contributed by atoms with Gasteiger partial charge in [-0.05, 0) is 37.1 Å². The highest BCUT2D eigenvalue weighted by atomic mass is 19.1. The van der Waals surface area contributed by atoms with Crippen LogP contribution in [0.5, 0.6) is 0 Å². The van der Waals surface area contributed by atoms with Gasteiger partial charge in [-0.2, -0.15) is 0 Å². The first kappa shape index (κ1) is 20.2. The van der Waals surface area contributed by atoms with Gasteiger partial charge in [-0.15, -0.1) is 0 Å². The van der Waals surface area contributed by atoms with E-state index < -0.39 is 24.0 Å². The highest BCUT2D eigenvalue weighted by Crippen LogP contribution is 2.17. The lowest BCUT2D eigenvalue weighted by Gasteiger charge is -2.28. The van der Waals surface area contributed by atoms with Gasteiger partial charge in [0.1, 0.15) is 12.4 Å². The third-order valence-corrected chi connectivity index (χ3v) is 3.79. The molecule has 1 aliphatic rings. The van der Waals surface area contributed by atoms with Crippen LogP contribution in [-0.2, 0) is 19.1 Å². The van der Waals surface area contributed by atoms with Crippen molar-refractivity contribution in [2.24, 2.45) is 0 Å². The maximum atomic E-state index is 12.9. The second-order valence-electron chi connectivity index (χ2n) is 5.66. The summed E-state index contributed by atoms with van der Waals surface area (Å²) in [6, 6.07) is 4.57. The van der Waals surface area contributed by atoms with Crippen molar-refractivity contribution in [1.82, 2.24) is 10.6 Å². The van der Waals surface area contributed by atoms with Crippen LogP contribution in [0.15, 0.2) is 41.6 Å². The molecule has 7 nitrogen and oxygen atoms in total. The summed E-state index contributed by atoms with van der Waals surface area (Å²) in [6.45, 7) is 3.38. The Kier molecular flexibility index (Phi) is 7.10. The Morgan fingerprint density at radius 3 is 2.52 bits per heavy atom. The maximum absolute atomic E-state index is 12.9. The Balaban J connectivity index is 2.09. The van der Waals surface area contributed by atoms with Gasteiger partial charge in [0.15, 0.2) is 0 Å². The molecule has 1 aliphatic heterocycles. The van der Waals surface area contributed by atoms with Crippen molar-refractivity contribution in [2.75, 3.05) is 13.2 Å². The van der Waals surface area contributed by atoms with E-state index in [0.29, 0.717) is 12.0 Å². The number of nitrogens with one attached hydrogen (secondary N) is 2. The van der Waals surface area contributed by atoms with E-state index in [1.807, 2.05) is 6.92 Å². The summed E-state index contributed by atoms with van der Waals surface area (Å²) in [5.74, 6) is -1.62. The normalized spacial score (nSPS) is 16.7. The molecule has 2 rings (SSSR count). The zero-order valence-corrected chi connectivity index (χ0v) is 15.1. The molecule has 0 aliphatic carbocycles. The molecular formula is C19H21FN2O5. The highest BCUT2D eigenvalue weighted by molar-refractivity contribution is 5.95. The first-order chi connectivity index (χ1) is 12.9. The van der Waals surface area contributed by atoms with Crippen molar-refractivity contribution >= 4 is 24.0 Å². The van der Waals surface area contributed by atoms with Gasteiger partial charge in [0.2, 0.25) is 0 Å². The van der Waals surface area contributed by atoms with E-state index in [1.54, 1.807) is 6.92 Å². The molecule has 1 aromatic rings. The Labute approximate surface area is 156 Å². The van der Waals surface area contributed by atoms with E-state index in [4.69, 9.17) is 9.47 Å². The van der Waals surface area contributed by atoms with E-state index in [9.17, 15) is 18.8 Å². The molecule has 0 fully saturated rings. The van der Waals surface area contributed by atoms with Crippen LogP contribution in [0.4, 0.5) is 9.18 Å². The molecule has 27 heavy (non-hydrogen) atoms. The average molecular weight is 376 g/mol. The monoisotopic (exact) mass is 376 g/mol. The minimum Gasteiger partial charge on any atom is -0.463 e. The smallest absolute Gasteiger partial charge is 0.338 e. The lowest BCUT2D eigenvalue weighted by Crippen LogP contribution is -2.51. The molecule has 144 valence electrons. The van der Waals surface area contributed by atoms with Crippen LogP contribution >= 0.6 is 0 Å². The molecule has 1 atom stereocenters. The third-order valence-electron chi connectivity index (χ3n) is 3.79. The van der Waals surface area contributed by atoms with Crippen LogP contribution in [0, 0.1) is 5.82 Å². The van der Waals surface area contributed by atoms with Crippen LogP contribution in [0.25, 0.3) is 6.08 Å². The second kappa shape index (κ2) is 9.51. The van der Waals surface area contributed by atoms with E-state index in [1.165, 1.54) is 36.4 Å². The summed E-state index contributed by atoms with van der Waals surface area (Å²) in [6.07, 6.45) is 3.12. The van der Waals surface area contributed by atoms with E-state index in [2.05, 4.69) is 10.6 Å². The summed E-state index contributed by atoms with van der Waals surface area (Å²) in [7, 11) is 0. The highest BCUT2D eigenvalue weighted by Gasteiger charge is 2.31. The molecule has 2 amide bonds. The van der Waals surface area contributed by atoms with Gasteiger partial charge in [0, 0.05) is 6.08 Å². The topological polar surface area (TPSA) is 93.7 Å². The van der Waals surface area contributed by atoms with E-state index in [-0.39, 0.29) is 30.3 Å². The predicted octanol–water partition coefficient (Wildman–Crippen LogP) is 2.29. The van der Waals surface area contributed by atoms with Crippen molar-refractivity contribution < 1.29 is 28.2 Å². The number of rotatable bonds is 7. The zero-order chi connectivity index (χ0) is 19.8. The quantitative estimate of drug-likeness (QED) is 0.563. The molecule has 1 heterocycles. The number of hydrogen-bond acceptors (Lipinski definition) is 5. The summed E-state index contributed by atoms with van der Waals surface area (Å²) in [5.41, 5.74) is 1.04. The summed E-state index contributed by atoms with van der Waals surface area (Å²) in [5, 5.41) is 5.12. The number of carbonyl (C=O) groups is 3. The van der Waals surface area contributed by atoms with Crippen molar-refractivity contribution in [2.45, 2.75) is 26.3 Å². The number of amides is 2. The molecule has 0 saturated carbocycles. The molecule has 8 heteroatoms. The number of hydrogen-bond donors (Lipinski definition) is 2. The van der Waals surface area contributed by atoms with Gasteiger partial charge in [-0.1, -0.05) is 19.1 Å². The lowest BCUT2D eigenvalue weighted by molar-refractivity contribution is -0.140. The average Bonchev–Trinajstić information content (AvgIpc) is 2.65. The molecular weight excluding hydrogens is 355 g/mol. The first-order valence-electron chi connectivity index (χ1n) is 8.52. The Bertz CT molecular complexity index is 771. The Morgan fingerprint density at radius 2 is 1.89 bits per heavy atom. The number of benzene rings is 1. The fourth-order valence-corrected chi connectivity index (χ4v) is 2.51. The first-order valence-corrected chi connectivity index (χ1v) is 8.52. The van der Waals surface area contributed by atoms with Crippen LogP contribution in [0.3, 0.4) is 0 Å². The second-order valence-corrected chi connectivity index (χ2v) is 5.66. The predicted molar refractivity (Wildman–Crippen MR) is 95.8 cm³/mol. The number of halogens is 1. The number of ether oxygens (including phenoxy) is 2. The third kappa shape index (κ3) is 5.67. The molecule has 0 spiro atoms. The fraction of sp³-hybridized carbons (Fsp3) is 0.316. The van der Waals surface area contributed by atoms with Gasteiger partial charge >= 0.3 is 18.0 Å². The van der Waals surface area contributed by atoms with Crippen molar-refractivity contribution in [3.8, 4) is 0 Å². The van der Waals surface area contributed by atoms with Crippen molar-refractivity contribution in [3.63, 3.8) is 0 Å². The summed E-state index contributed by atoms with van der Waals surface area (Å²) in [4.78, 5) is 35.9. The standard InChI is InChI=1S/C19H21FN2O5/c1-3-14-17(18(24)26-4-2)15(22-19(25)21-14)11-27-16(23)10-7-12-5-8-13(20)9-6-12/h5-10,14H,3-4,11H2,1-2H3,(H2,21,22,25)/b10-7+/t14-/m1/s1. The largest absolute Gasteiger partial charge is 0.463 e. The van der Waals surface area contributed by atoms with Crippen molar-refractivity contribution in [3.05, 3.63) is 53.0 Å². The SMILES string of the molecule is CCOC(=O)C1=C(COC(=O)/C=C/c2ccc(F)cc2)NC(=O)N[C@@H]1CC. The summed E-state index contributed by atoms with van der Waals surface area (Å²) < 4.78 is 23.0. The van der Waals surface area contributed by atoms with Crippen LogP contribution in [0.1, 0.15) is 25.8 Å². The number of urea groups is 1. The zero-order valence-electron chi connectivity index (χ0n) is 15.1. The van der Waals surface area contributed by atoms with E-state index >= 15 is 0 Å². The lowest BCUT2D eigenvalue weighted by atomic mass is 10.0. The minimum atomic E-state index is -0.670. The van der Waals surface area contributed by atoms with Crippen LogP contribution in [-0.4, -0.2) is 37.2 Å². The Morgan fingerprint density at radius 1 is 1.19 bits per heavy atom. The molecule has 1 aromatic carbocycles. The van der Waals surface area contributed by atoms with Gasteiger partial charge in [-0.3, -0.25) is 0 Å². The van der Waals surface area contributed by atoms with E-state index in [0.717, 1.165) is 0 Å². The van der Waals surface area contributed by atoms with Gasteiger partial charge in [0.05, 0.1) is 23.9 Å². The number of carbonyl (C=O) groups excluding carboxylic acids is 3. The van der Waals surface area contributed by atoms with Gasteiger partial charge in [0.25, 0.3) is 0 Å². The molecule has 0 radical (unpaired) electrons. The molecule has 0 aromatic heterocycles.